The molecule has 21 heavy (non-hydrogen) atoms. The monoisotopic (exact) mass is 300 g/mol. The van der Waals surface area contributed by atoms with Crippen LogP contribution in [0.4, 0.5) is 13.2 Å². The first-order chi connectivity index (χ1) is 9.86. The number of hydrogen-bond acceptors (Lipinski definition) is 2. The van der Waals surface area contributed by atoms with E-state index in [1.807, 2.05) is 0 Å². The number of carbonyl (C=O) groups excluding carboxylic acids is 1. The zero-order chi connectivity index (χ0) is 15.5. The summed E-state index contributed by atoms with van der Waals surface area (Å²) in [5.41, 5.74) is -0.256. The molecule has 3 nitrogen and oxygen atoms in total. The molecule has 2 N–H and O–H groups in total. The zero-order valence-electron chi connectivity index (χ0n) is 11.8. The summed E-state index contributed by atoms with van der Waals surface area (Å²) in [5.74, 6) is 0.472. The molecule has 0 heterocycles. The summed E-state index contributed by atoms with van der Waals surface area (Å²) in [4.78, 5) is 11.7. The summed E-state index contributed by atoms with van der Waals surface area (Å²) >= 11 is 0. The molecule has 1 amide bonds. The molecular weight excluding hydrogens is 281 g/mol. The van der Waals surface area contributed by atoms with Crippen LogP contribution in [0.2, 0.25) is 0 Å². The highest BCUT2D eigenvalue weighted by molar-refractivity contribution is 5.78. The standard InChI is InChI=1S/C15H19F3N2O/c1-10(20-14(21)9-19-8-11-5-6-11)12-3-2-4-13(7-12)15(16,17)18/h2-4,7,10-11,19H,5-6,8-9H2,1H3,(H,20,21). The highest BCUT2D eigenvalue weighted by atomic mass is 19.4. The van der Waals surface area contributed by atoms with E-state index in [0.29, 0.717) is 11.5 Å². The Labute approximate surface area is 121 Å². The van der Waals surface area contributed by atoms with Crippen molar-refractivity contribution in [3.8, 4) is 0 Å². The van der Waals surface area contributed by atoms with Gasteiger partial charge in [-0.2, -0.15) is 13.2 Å². The van der Waals surface area contributed by atoms with E-state index < -0.39 is 17.8 Å². The fraction of sp³-hybridized carbons (Fsp3) is 0.533. The van der Waals surface area contributed by atoms with Crippen LogP contribution in [0.1, 0.15) is 36.9 Å². The zero-order valence-corrected chi connectivity index (χ0v) is 11.8. The second kappa shape index (κ2) is 6.47. The molecule has 1 aliphatic carbocycles. The van der Waals surface area contributed by atoms with Gasteiger partial charge in [0, 0.05) is 0 Å². The van der Waals surface area contributed by atoms with Crippen LogP contribution in [-0.4, -0.2) is 19.0 Å². The first-order valence-electron chi connectivity index (χ1n) is 7.03. The number of alkyl halides is 3. The van der Waals surface area contributed by atoms with Gasteiger partial charge in [0.1, 0.15) is 0 Å². The molecule has 1 fully saturated rings. The molecule has 6 heteroatoms. The Hall–Kier alpha value is -1.56. The van der Waals surface area contributed by atoms with Gasteiger partial charge in [0.25, 0.3) is 0 Å². The van der Waals surface area contributed by atoms with Gasteiger partial charge in [-0.25, -0.2) is 0 Å². The van der Waals surface area contributed by atoms with Crippen molar-refractivity contribution in [1.82, 2.24) is 10.6 Å². The van der Waals surface area contributed by atoms with Crippen molar-refractivity contribution in [2.75, 3.05) is 13.1 Å². The van der Waals surface area contributed by atoms with E-state index in [4.69, 9.17) is 0 Å². The van der Waals surface area contributed by atoms with Gasteiger partial charge in [-0.3, -0.25) is 4.79 Å². The van der Waals surface area contributed by atoms with Crippen molar-refractivity contribution in [3.05, 3.63) is 35.4 Å². The normalized spacial score (nSPS) is 16.6. The van der Waals surface area contributed by atoms with Crippen molar-refractivity contribution in [2.45, 2.75) is 32.0 Å². The van der Waals surface area contributed by atoms with Crippen LogP contribution in [0.25, 0.3) is 0 Å². The maximum atomic E-state index is 12.6. The van der Waals surface area contributed by atoms with Gasteiger partial charge in [-0.05, 0) is 49.9 Å². The predicted molar refractivity (Wildman–Crippen MR) is 73.6 cm³/mol. The molecule has 1 saturated carbocycles. The van der Waals surface area contributed by atoms with E-state index in [1.54, 1.807) is 13.0 Å². The minimum Gasteiger partial charge on any atom is -0.348 e. The molecule has 1 aromatic carbocycles. The molecule has 1 atom stereocenters. The Morgan fingerprint density at radius 2 is 2.10 bits per heavy atom. The lowest BCUT2D eigenvalue weighted by Crippen LogP contribution is -2.36. The topological polar surface area (TPSA) is 41.1 Å². The van der Waals surface area contributed by atoms with Crippen molar-refractivity contribution in [2.24, 2.45) is 5.92 Å². The largest absolute Gasteiger partial charge is 0.416 e. The van der Waals surface area contributed by atoms with Crippen molar-refractivity contribution >= 4 is 5.91 Å². The Balaban J connectivity index is 1.86. The van der Waals surface area contributed by atoms with Crippen LogP contribution in [0, 0.1) is 5.92 Å². The minimum absolute atomic E-state index is 0.194. The summed E-state index contributed by atoms with van der Waals surface area (Å²) in [6.45, 7) is 2.69. The van der Waals surface area contributed by atoms with Gasteiger partial charge >= 0.3 is 6.18 Å². The lowest BCUT2D eigenvalue weighted by molar-refractivity contribution is -0.137. The number of hydrogen-bond donors (Lipinski definition) is 2. The number of carbonyl (C=O) groups is 1. The maximum Gasteiger partial charge on any atom is 0.416 e. The molecule has 0 aliphatic heterocycles. The van der Waals surface area contributed by atoms with E-state index >= 15 is 0 Å². The summed E-state index contributed by atoms with van der Waals surface area (Å²) < 4.78 is 37.9. The van der Waals surface area contributed by atoms with Gasteiger partial charge < -0.3 is 10.6 Å². The number of benzene rings is 1. The van der Waals surface area contributed by atoms with Gasteiger partial charge in [-0.1, -0.05) is 12.1 Å². The van der Waals surface area contributed by atoms with Crippen LogP contribution in [0.5, 0.6) is 0 Å². The van der Waals surface area contributed by atoms with E-state index in [0.717, 1.165) is 18.7 Å². The van der Waals surface area contributed by atoms with E-state index in [2.05, 4.69) is 10.6 Å². The molecule has 0 radical (unpaired) electrons. The maximum absolute atomic E-state index is 12.6. The molecule has 1 aliphatic rings. The molecule has 1 unspecified atom stereocenters. The number of halogens is 3. The van der Waals surface area contributed by atoms with E-state index in [1.165, 1.54) is 18.9 Å². The lowest BCUT2D eigenvalue weighted by atomic mass is 10.0. The quantitative estimate of drug-likeness (QED) is 0.848. The first kappa shape index (κ1) is 15.8. The number of nitrogens with one attached hydrogen (secondary N) is 2. The van der Waals surface area contributed by atoms with Gasteiger partial charge in [0.05, 0.1) is 18.2 Å². The van der Waals surface area contributed by atoms with E-state index in [9.17, 15) is 18.0 Å². The SMILES string of the molecule is CC(NC(=O)CNCC1CC1)c1cccc(C(F)(F)F)c1. The van der Waals surface area contributed by atoms with Crippen LogP contribution in [0.3, 0.4) is 0 Å². The highest BCUT2D eigenvalue weighted by Gasteiger charge is 2.30. The first-order valence-corrected chi connectivity index (χ1v) is 7.03. The molecule has 0 spiro atoms. The van der Waals surface area contributed by atoms with Gasteiger partial charge in [0.15, 0.2) is 0 Å². The third-order valence-electron chi connectivity index (χ3n) is 3.51. The Morgan fingerprint density at radius 3 is 2.71 bits per heavy atom. The smallest absolute Gasteiger partial charge is 0.348 e. The third kappa shape index (κ3) is 5.04. The van der Waals surface area contributed by atoms with Crippen LogP contribution in [0.15, 0.2) is 24.3 Å². The number of amides is 1. The van der Waals surface area contributed by atoms with Gasteiger partial charge in [0.2, 0.25) is 5.91 Å². The fourth-order valence-corrected chi connectivity index (χ4v) is 2.07. The molecule has 116 valence electrons. The molecule has 0 bridgehead atoms. The fourth-order valence-electron chi connectivity index (χ4n) is 2.07. The van der Waals surface area contributed by atoms with Crippen molar-refractivity contribution in [1.29, 1.82) is 0 Å². The second-order valence-electron chi connectivity index (χ2n) is 5.49. The van der Waals surface area contributed by atoms with Crippen molar-refractivity contribution < 1.29 is 18.0 Å². The molecule has 1 aromatic rings. The Bertz CT molecular complexity index is 498. The van der Waals surface area contributed by atoms with Crippen LogP contribution in [-0.2, 0) is 11.0 Å². The lowest BCUT2D eigenvalue weighted by Gasteiger charge is -2.16. The molecule has 0 saturated heterocycles. The van der Waals surface area contributed by atoms with E-state index in [-0.39, 0.29) is 12.5 Å². The average molecular weight is 300 g/mol. The van der Waals surface area contributed by atoms with Crippen molar-refractivity contribution in [3.63, 3.8) is 0 Å². The second-order valence-corrected chi connectivity index (χ2v) is 5.49. The minimum atomic E-state index is -4.37. The third-order valence-corrected chi connectivity index (χ3v) is 3.51. The highest BCUT2D eigenvalue weighted by Crippen LogP contribution is 2.30. The number of rotatable bonds is 6. The summed E-state index contributed by atoms with van der Waals surface area (Å²) in [6.07, 6.45) is -1.96. The summed E-state index contributed by atoms with van der Waals surface area (Å²) in [6, 6.07) is 4.57. The van der Waals surface area contributed by atoms with Gasteiger partial charge in [-0.15, -0.1) is 0 Å². The Kier molecular flexibility index (Phi) is 4.88. The summed E-state index contributed by atoms with van der Waals surface area (Å²) in [7, 11) is 0. The van der Waals surface area contributed by atoms with Crippen LogP contribution >= 0.6 is 0 Å². The summed E-state index contributed by atoms with van der Waals surface area (Å²) in [5, 5.41) is 5.75. The molecular formula is C15H19F3N2O. The van der Waals surface area contributed by atoms with Crippen LogP contribution < -0.4 is 10.6 Å². The molecule has 2 rings (SSSR count). The average Bonchev–Trinajstić information content (AvgIpc) is 3.22. The Morgan fingerprint density at radius 1 is 1.38 bits per heavy atom. The predicted octanol–water partition coefficient (Wildman–Crippen LogP) is 2.88. The molecule has 0 aromatic heterocycles.